The smallest absolute Gasteiger partial charge is 0.255 e. The number of carbonyl (C=O) groups is 1. The Hall–Kier alpha value is -2.02. The van der Waals surface area contributed by atoms with Crippen LogP contribution in [0, 0.1) is 18.3 Å². The second-order valence-corrected chi connectivity index (χ2v) is 5.21. The quantitative estimate of drug-likeness (QED) is 0.792. The van der Waals surface area contributed by atoms with Crippen LogP contribution in [0.1, 0.15) is 41.6 Å². The van der Waals surface area contributed by atoms with E-state index in [2.05, 4.69) is 6.07 Å². The van der Waals surface area contributed by atoms with Crippen molar-refractivity contribution < 1.29 is 9.53 Å². The molecule has 1 saturated carbocycles. The van der Waals surface area contributed by atoms with E-state index < -0.39 is 0 Å². The summed E-state index contributed by atoms with van der Waals surface area (Å²) in [5.41, 5.74) is 1.59. The van der Waals surface area contributed by atoms with Crippen LogP contribution in [0.25, 0.3) is 0 Å². The highest BCUT2D eigenvalue weighted by Crippen LogP contribution is 2.26. The summed E-state index contributed by atoms with van der Waals surface area (Å²) in [5.74, 6) is 0.635. The number of aryl methyl sites for hydroxylation is 1. The molecular weight excluding hydrogens is 252 g/mol. The Kier molecular flexibility index (Phi) is 4.62. The van der Waals surface area contributed by atoms with Crippen molar-refractivity contribution in [3.63, 3.8) is 0 Å². The SMILES string of the molecule is COc1cc(C(=O)N(CC#N)C2CCCC2)ccc1C. The van der Waals surface area contributed by atoms with Gasteiger partial charge in [0.05, 0.1) is 13.2 Å². The molecule has 1 aliphatic rings. The molecule has 4 heteroatoms. The molecule has 0 unspecified atom stereocenters. The van der Waals surface area contributed by atoms with Crippen molar-refractivity contribution in [3.05, 3.63) is 29.3 Å². The van der Waals surface area contributed by atoms with Crippen LogP contribution < -0.4 is 4.74 Å². The van der Waals surface area contributed by atoms with Crippen molar-refractivity contribution in [2.45, 2.75) is 38.6 Å². The predicted octanol–water partition coefficient (Wildman–Crippen LogP) is 2.91. The van der Waals surface area contributed by atoms with E-state index in [1.807, 2.05) is 13.0 Å². The maximum absolute atomic E-state index is 12.6. The summed E-state index contributed by atoms with van der Waals surface area (Å²) in [5, 5.41) is 8.97. The summed E-state index contributed by atoms with van der Waals surface area (Å²) in [6.07, 6.45) is 4.26. The second-order valence-electron chi connectivity index (χ2n) is 5.21. The Balaban J connectivity index is 2.25. The zero-order valence-electron chi connectivity index (χ0n) is 12.1. The van der Waals surface area contributed by atoms with E-state index in [1.54, 1.807) is 24.1 Å². The average Bonchev–Trinajstić information content (AvgIpc) is 2.98. The maximum Gasteiger partial charge on any atom is 0.255 e. The summed E-state index contributed by atoms with van der Waals surface area (Å²) in [6, 6.07) is 7.76. The Morgan fingerprint density at radius 1 is 1.45 bits per heavy atom. The van der Waals surface area contributed by atoms with E-state index in [9.17, 15) is 4.79 Å². The Bertz CT molecular complexity index is 528. The number of nitriles is 1. The highest BCUT2D eigenvalue weighted by Gasteiger charge is 2.27. The molecule has 0 radical (unpaired) electrons. The van der Waals surface area contributed by atoms with Crippen molar-refractivity contribution in [2.24, 2.45) is 0 Å². The standard InChI is InChI=1S/C16H20N2O2/c1-12-7-8-13(11-15(12)20-2)16(19)18(10-9-17)14-5-3-4-6-14/h7-8,11,14H,3-6,10H2,1-2H3. The number of methoxy groups -OCH3 is 1. The molecule has 0 aromatic heterocycles. The van der Waals surface area contributed by atoms with Crippen LogP contribution >= 0.6 is 0 Å². The fourth-order valence-corrected chi connectivity index (χ4v) is 2.78. The first kappa shape index (κ1) is 14.4. The van der Waals surface area contributed by atoms with Gasteiger partial charge in [-0.3, -0.25) is 4.79 Å². The maximum atomic E-state index is 12.6. The minimum absolute atomic E-state index is 0.0725. The van der Waals surface area contributed by atoms with Gasteiger partial charge in [-0.1, -0.05) is 18.9 Å². The van der Waals surface area contributed by atoms with Gasteiger partial charge in [0.1, 0.15) is 12.3 Å². The molecule has 1 aliphatic carbocycles. The van der Waals surface area contributed by atoms with Crippen molar-refractivity contribution >= 4 is 5.91 Å². The van der Waals surface area contributed by atoms with Crippen LogP contribution in [0.4, 0.5) is 0 Å². The van der Waals surface area contributed by atoms with Crippen LogP contribution in [-0.2, 0) is 0 Å². The fraction of sp³-hybridized carbons (Fsp3) is 0.500. The van der Waals surface area contributed by atoms with Crippen LogP contribution in [0.2, 0.25) is 0 Å². The van der Waals surface area contributed by atoms with E-state index in [-0.39, 0.29) is 18.5 Å². The number of nitrogens with zero attached hydrogens (tertiary/aromatic N) is 2. The van der Waals surface area contributed by atoms with Gasteiger partial charge in [-0.15, -0.1) is 0 Å². The first-order valence-corrected chi connectivity index (χ1v) is 7.00. The van der Waals surface area contributed by atoms with Gasteiger partial charge in [0.2, 0.25) is 0 Å². The van der Waals surface area contributed by atoms with Gasteiger partial charge >= 0.3 is 0 Å². The van der Waals surface area contributed by atoms with Gasteiger partial charge in [0, 0.05) is 11.6 Å². The van der Waals surface area contributed by atoms with Crippen LogP contribution in [0.15, 0.2) is 18.2 Å². The molecule has 1 aromatic rings. The third-order valence-corrected chi connectivity index (χ3v) is 3.92. The zero-order chi connectivity index (χ0) is 14.5. The van der Waals surface area contributed by atoms with Gasteiger partial charge in [-0.05, 0) is 37.5 Å². The first-order valence-electron chi connectivity index (χ1n) is 7.00. The van der Waals surface area contributed by atoms with E-state index in [0.717, 1.165) is 31.2 Å². The minimum atomic E-state index is -0.0725. The topological polar surface area (TPSA) is 53.3 Å². The number of ether oxygens (including phenoxy) is 1. The lowest BCUT2D eigenvalue weighted by molar-refractivity contribution is 0.0709. The largest absolute Gasteiger partial charge is 0.496 e. The van der Waals surface area contributed by atoms with Gasteiger partial charge in [0.15, 0.2) is 0 Å². The van der Waals surface area contributed by atoms with Crippen LogP contribution in [0.5, 0.6) is 5.75 Å². The average molecular weight is 272 g/mol. The highest BCUT2D eigenvalue weighted by atomic mass is 16.5. The molecular formula is C16H20N2O2. The lowest BCUT2D eigenvalue weighted by atomic mass is 10.1. The molecule has 0 saturated heterocycles. The van der Waals surface area contributed by atoms with Crippen LogP contribution in [0.3, 0.4) is 0 Å². The lowest BCUT2D eigenvalue weighted by Crippen LogP contribution is -2.39. The van der Waals surface area contributed by atoms with Gasteiger partial charge in [0.25, 0.3) is 5.91 Å². The van der Waals surface area contributed by atoms with Crippen molar-refractivity contribution in [3.8, 4) is 11.8 Å². The molecule has 1 aromatic carbocycles. The number of rotatable bonds is 4. The van der Waals surface area contributed by atoms with E-state index in [4.69, 9.17) is 10.00 Å². The Morgan fingerprint density at radius 2 is 2.15 bits per heavy atom. The molecule has 20 heavy (non-hydrogen) atoms. The summed E-state index contributed by atoms with van der Waals surface area (Å²) >= 11 is 0. The summed E-state index contributed by atoms with van der Waals surface area (Å²) < 4.78 is 5.27. The molecule has 1 fully saturated rings. The number of benzene rings is 1. The first-order chi connectivity index (χ1) is 9.67. The highest BCUT2D eigenvalue weighted by molar-refractivity contribution is 5.95. The van der Waals surface area contributed by atoms with E-state index >= 15 is 0 Å². The minimum Gasteiger partial charge on any atom is -0.496 e. The number of carbonyl (C=O) groups excluding carboxylic acids is 1. The molecule has 106 valence electrons. The fourth-order valence-electron chi connectivity index (χ4n) is 2.78. The van der Waals surface area contributed by atoms with Crippen molar-refractivity contribution in [2.75, 3.05) is 13.7 Å². The Morgan fingerprint density at radius 3 is 2.75 bits per heavy atom. The molecule has 0 heterocycles. The molecule has 4 nitrogen and oxygen atoms in total. The summed E-state index contributed by atoms with van der Waals surface area (Å²) in [7, 11) is 1.60. The van der Waals surface area contributed by atoms with Crippen molar-refractivity contribution in [1.29, 1.82) is 5.26 Å². The molecule has 0 spiro atoms. The van der Waals surface area contributed by atoms with Gasteiger partial charge in [-0.2, -0.15) is 5.26 Å². The summed E-state index contributed by atoms with van der Waals surface area (Å²) in [6.45, 7) is 2.09. The zero-order valence-corrected chi connectivity index (χ0v) is 12.1. The summed E-state index contributed by atoms with van der Waals surface area (Å²) in [4.78, 5) is 14.3. The normalized spacial score (nSPS) is 14.8. The number of amides is 1. The van der Waals surface area contributed by atoms with Crippen molar-refractivity contribution in [1.82, 2.24) is 4.90 Å². The van der Waals surface area contributed by atoms with Gasteiger partial charge < -0.3 is 9.64 Å². The molecule has 0 bridgehead atoms. The monoisotopic (exact) mass is 272 g/mol. The number of hydrogen-bond donors (Lipinski definition) is 0. The van der Waals surface area contributed by atoms with E-state index in [0.29, 0.717) is 11.3 Å². The molecule has 1 amide bonds. The van der Waals surface area contributed by atoms with E-state index in [1.165, 1.54) is 0 Å². The third-order valence-electron chi connectivity index (χ3n) is 3.92. The Labute approximate surface area is 120 Å². The lowest BCUT2D eigenvalue weighted by Gasteiger charge is -2.26. The van der Waals surface area contributed by atoms with Gasteiger partial charge in [-0.25, -0.2) is 0 Å². The molecule has 0 N–H and O–H groups in total. The van der Waals surface area contributed by atoms with Crippen LogP contribution in [-0.4, -0.2) is 30.5 Å². The number of hydrogen-bond acceptors (Lipinski definition) is 3. The molecule has 0 aliphatic heterocycles. The second kappa shape index (κ2) is 6.42. The molecule has 2 rings (SSSR count). The predicted molar refractivity (Wildman–Crippen MR) is 76.6 cm³/mol. The third kappa shape index (κ3) is 2.93. The molecule has 0 atom stereocenters.